The number of pyridine rings is 1. The van der Waals surface area contributed by atoms with E-state index in [0.717, 1.165) is 24.8 Å². The lowest BCUT2D eigenvalue weighted by Crippen LogP contribution is -2.56. The van der Waals surface area contributed by atoms with Crippen LogP contribution in [0.4, 0.5) is 8.78 Å². The van der Waals surface area contributed by atoms with E-state index in [0.29, 0.717) is 24.9 Å². The highest BCUT2D eigenvalue weighted by atomic mass is 19.1. The molecule has 1 aliphatic carbocycles. The third-order valence-corrected chi connectivity index (χ3v) is 6.84. The summed E-state index contributed by atoms with van der Waals surface area (Å²) >= 11 is 0. The van der Waals surface area contributed by atoms with Crippen LogP contribution < -0.4 is 10.6 Å². The molecule has 1 aliphatic heterocycles. The molecule has 194 valence electrons. The van der Waals surface area contributed by atoms with Crippen molar-refractivity contribution in [1.82, 2.24) is 30.7 Å². The smallest absolute Gasteiger partial charge is 0.292 e. The third-order valence-electron chi connectivity index (χ3n) is 6.84. The number of rotatable bonds is 8. The molecule has 11 heteroatoms. The first-order chi connectivity index (χ1) is 17.9. The Balaban J connectivity index is 1.29. The van der Waals surface area contributed by atoms with E-state index in [1.807, 2.05) is 25.1 Å². The van der Waals surface area contributed by atoms with Gasteiger partial charge in [0, 0.05) is 37.9 Å². The summed E-state index contributed by atoms with van der Waals surface area (Å²) in [4.78, 5) is 36.9. The van der Waals surface area contributed by atoms with Crippen molar-refractivity contribution in [3.05, 3.63) is 65.7 Å². The summed E-state index contributed by atoms with van der Waals surface area (Å²) in [6.45, 7) is 4.07. The molecule has 0 unspecified atom stereocenters. The minimum Gasteiger partial charge on any atom is -0.348 e. The maximum absolute atomic E-state index is 14.1. The second-order valence-electron chi connectivity index (χ2n) is 9.71. The van der Waals surface area contributed by atoms with Gasteiger partial charge >= 0.3 is 0 Å². The van der Waals surface area contributed by atoms with E-state index in [9.17, 15) is 18.4 Å². The molecule has 2 N–H and O–H groups in total. The molecule has 37 heavy (non-hydrogen) atoms. The van der Waals surface area contributed by atoms with Gasteiger partial charge in [-0.05, 0) is 56.4 Å². The van der Waals surface area contributed by atoms with Crippen molar-refractivity contribution >= 4 is 11.8 Å². The zero-order valence-corrected chi connectivity index (χ0v) is 20.4. The number of likely N-dealkylation sites (tertiary alicyclic amines) is 1. The maximum atomic E-state index is 14.1. The lowest BCUT2D eigenvalue weighted by atomic mass is 9.90. The average Bonchev–Trinajstić information content (AvgIpc) is 3.57. The molecule has 0 radical (unpaired) electrons. The number of carbonyl (C=O) groups excluding carboxylic acids is 2. The highest BCUT2D eigenvalue weighted by molar-refractivity contribution is 5.91. The number of halogens is 2. The molecule has 2 amide bonds. The van der Waals surface area contributed by atoms with E-state index in [1.54, 1.807) is 6.20 Å². The van der Waals surface area contributed by atoms with E-state index in [2.05, 4.69) is 30.7 Å². The quantitative estimate of drug-likeness (QED) is 0.479. The molecule has 2 aromatic heterocycles. The fourth-order valence-electron chi connectivity index (χ4n) is 4.64. The summed E-state index contributed by atoms with van der Waals surface area (Å²) < 4.78 is 32.4. The van der Waals surface area contributed by atoms with Crippen LogP contribution in [0.2, 0.25) is 0 Å². The zero-order chi connectivity index (χ0) is 25.9. The first-order valence-electron chi connectivity index (χ1n) is 12.4. The predicted octanol–water partition coefficient (Wildman–Crippen LogP) is 3.12. The van der Waals surface area contributed by atoms with Crippen molar-refractivity contribution < 1.29 is 22.9 Å². The van der Waals surface area contributed by atoms with Crippen LogP contribution in [-0.4, -0.2) is 57.5 Å². The Morgan fingerprint density at radius 2 is 2.03 bits per heavy atom. The van der Waals surface area contributed by atoms with Gasteiger partial charge in [-0.2, -0.15) is 4.98 Å². The van der Waals surface area contributed by atoms with Crippen LogP contribution in [0.3, 0.4) is 0 Å². The Morgan fingerprint density at radius 3 is 2.76 bits per heavy atom. The van der Waals surface area contributed by atoms with E-state index in [4.69, 9.17) is 4.52 Å². The number of hydrogen-bond donors (Lipinski definition) is 2. The Bertz CT molecular complexity index is 1270. The molecule has 0 spiro atoms. The summed E-state index contributed by atoms with van der Waals surface area (Å²) in [5.74, 6) is -2.78. The topological polar surface area (TPSA) is 113 Å². The molecule has 2 aliphatic rings. The van der Waals surface area contributed by atoms with Crippen molar-refractivity contribution in [3.63, 3.8) is 0 Å². The number of aromatic nitrogens is 3. The van der Waals surface area contributed by atoms with E-state index >= 15 is 0 Å². The van der Waals surface area contributed by atoms with Crippen molar-refractivity contribution in [2.24, 2.45) is 11.8 Å². The van der Waals surface area contributed by atoms with Crippen LogP contribution in [0.25, 0.3) is 11.5 Å². The molecule has 3 atom stereocenters. The minimum atomic E-state index is -0.877. The second-order valence-corrected chi connectivity index (χ2v) is 9.71. The molecule has 1 saturated heterocycles. The van der Waals surface area contributed by atoms with E-state index in [-0.39, 0.29) is 29.2 Å². The van der Waals surface area contributed by atoms with Gasteiger partial charge in [-0.25, -0.2) is 8.78 Å². The van der Waals surface area contributed by atoms with Gasteiger partial charge in [0.05, 0.1) is 23.2 Å². The molecule has 3 heterocycles. The number of benzene rings is 1. The number of amides is 2. The molecule has 5 rings (SSSR count). The zero-order valence-electron chi connectivity index (χ0n) is 20.4. The molecular formula is C26H28F2N6O3. The van der Waals surface area contributed by atoms with Gasteiger partial charge in [-0.3, -0.25) is 14.6 Å². The molecule has 9 nitrogen and oxygen atoms in total. The standard InChI is InChI=1S/C26H28F2N6O3/c1-15(21-4-2-3-10-29-21)30-24(35)19-14-34(13-16-5-6-16)11-9-22(19)31-25(36)23-32-26(37-33-23)18-8-7-17(27)12-20(18)28/h2-4,7-8,10,12,15-16,19,22H,5-6,9,11,13-14H2,1H3,(H,30,35)(H,31,36)/t15-,19-,22-/m1/s1. The summed E-state index contributed by atoms with van der Waals surface area (Å²) in [7, 11) is 0. The van der Waals surface area contributed by atoms with Crippen molar-refractivity contribution in [2.75, 3.05) is 19.6 Å². The maximum Gasteiger partial charge on any atom is 0.292 e. The Labute approximate surface area is 212 Å². The summed E-state index contributed by atoms with van der Waals surface area (Å²) in [5, 5.41) is 9.57. The van der Waals surface area contributed by atoms with Crippen LogP contribution in [-0.2, 0) is 4.79 Å². The lowest BCUT2D eigenvalue weighted by Gasteiger charge is -2.38. The Kier molecular flexibility index (Phi) is 7.22. The van der Waals surface area contributed by atoms with Crippen molar-refractivity contribution in [2.45, 2.75) is 38.3 Å². The van der Waals surface area contributed by atoms with Crippen LogP contribution in [0.1, 0.15) is 48.5 Å². The van der Waals surface area contributed by atoms with Crippen LogP contribution in [0.5, 0.6) is 0 Å². The van der Waals surface area contributed by atoms with Crippen LogP contribution >= 0.6 is 0 Å². The van der Waals surface area contributed by atoms with Gasteiger partial charge < -0.3 is 20.1 Å². The highest BCUT2D eigenvalue weighted by Gasteiger charge is 2.38. The Hall–Kier alpha value is -3.73. The number of carbonyl (C=O) groups is 2. The number of nitrogens with zero attached hydrogens (tertiary/aromatic N) is 4. The van der Waals surface area contributed by atoms with Gasteiger partial charge in [0.15, 0.2) is 0 Å². The Morgan fingerprint density at radius 1 is 1.19 bits per heavy atom. The largest absolute Gasteiger partial charge is 0.348 e. The molecule has 0 bridgehead atoms. The molecule has 1 aromatic carbocycles. The van der Waals surface area contributed by atoms with Crippen molar-refractivity contribution in [1.29, 1.82) is 0 Å². The minimum absolute atomic E-state index is 0.109. The van der Waals surface area contributed by atoms with Gasteiger partial charge in [-0.15, -0.1) is 0 Å². The molecule has 1 saturated carbocycles. The second kappa shape index (κ2) is 10.7. The number of hydrogen-bond acceptors (Lipinski definition) is 7. The van der Waals surface area contributed by atoms with Gasteiger partial charge in [0.2, 0.25) is 5.91 Å². The van der Waals surface area contributed by atoms with Crippen LogP contribution in [0.15, 0.2) is 47.1 Å². The molecular weight excluding hydrogens is 482 g/mol. The van der Waals surface area contributed by atoms with Crippen molar-refractivity contribution in [3.8, 4) is 11.5 Å². The van der Waals surface area contributed by atoms with Crippen LogP contribution in [0, 0.1) is 23.5 Å². The fourth-order valence-corrected chi connectivity index (χ4v) is 4.64. The van der Waals surface area contributed by atoms with Gasteiger partial charge in [-0.1, -0.05) is 11.2 Å². The first kappa shape index (κ1) is 24.9. The first-order valence-corrected chi connectivity index (χ1v) is 12.4. The predicted molar refractivity (Wildman–Crippen MR) is 129 cm³/mol. The van der Waals surface area contributed by atoms with E-state index < -0.39 is 29.5 Å². The SMILES string of the molecule is C[C@@H](NC(=O)[C@@H]1CN(CC2CC2)CC[C@H]1NC(=O)c1noc(-c2ccc(F)cc2F)n1)c1ccccn1. The van der Waals surface area contributed by atoms with Gasteiger partial charge in [0.25, 0.3) is 17.6 Å². The van der Waals surface area contributed by atoms with E-state index in [1.165, 1.54) is 18.9 Å². The molecule has 3 aromatic rings. The lowest BCUT2D eigenvalue weighted by molar-refractivity contribution is -0.128. The molecule has 2 fully saturated rings. The highest BCUT2D eigenvalue weighted by Crippen LogP contribution is 2.31. The summed E-state index contributed by atoms with van der Waals surface area (Å²) in [6.07, 6.45) is 4.67. The third kappa shape index (κ3) is 5.99. The average molecular weight is 511 g/mol. The monoisotopic (exact) mass is 510 g/mol. The summed E-state index contributed by atoms with van der Waals surface area (Å²) in [5.41, 5.74) is 0.636. The normalized spacial score (nSPS) is 20.8. The number of piperidine rings is 1. The summed E-state index contributed by atoms with van der Waals surface area (Å²) in [6, 6.07) is 7.70. The van der Waals surface area contributed by atoms with Gasteiger partial charge in [0.1, 0.15) is 11.6 Å². The fraction of sp³-hybridized carbons (Fsp3) is 0.423. The number of nitrogens with one attached hydrogen (secondary N) is 2.